The minimum Gasteiger partial charge on any atom is -0.508 e. The van der Waals surface area contributed by atoms with Crippen LogP contribution in [-0.2, 0) is 29.1 Å². The molecule has 0 aromatic heterocycles. The number of carbonyl (C=O) groups excluding carboxylic acids is 3. The SMILES string of the molecule is CN1CC(=O)N2C(CN(Cc3cccc(Cl)c3)C(=O)[C@@H]2Cc2ccc(O)cc2)N1C(=O)NCc1ccccc1. The van der Waals surface area contributed by atoms with Gasteiger partial charge in [0.2, 0.25) is 11.8 Å². The van der Waals surface area contributed by atoms with Crippen molar-refractivity contribution >= 4 is 29.4 Å². The lowest BCUT2D eigenvalue weighted by atomic mass is 9.98. The number of amides is 4. The highest BCUT2D eigenvalue weighted by atomic mass is 35.5. The van der Waals surface area contributed by atoms with E-state index in [-0.39, 0.29) is 49.7 Å². The molecule has 0 bridgehead atoms. The number of hydrogen-bond donors (Lipinski definition) is 2. The molecule has 3 aromatic rings. The average Bonchev–Trinajstić information content (AvgIpc) is 2.91. The predicted molar refractivity (Wildman–Crippen MR) is 146 cm³/mol. The normalized spacial score (nSPS) is 19.7. The van der Waals surface area contributed by atoms with E-state index in [2.05, 4.69) is 5.32 Å². The predicted octanol–water partition coefficient (Wildman–Crippen LogP) is 3.23. The van der Waals surface area contributed by atoms with Gasteiger partial charge in [0.05, 0.1) is 13.1 Å². The molecule has 10 heteroatoms. The topological polar surface area (TPSA) is 96.4 Å². The Morgan fingerprint density at radius 2 is 1.69 bits per heavy atom. The van der Waals surface area contributed by atoms with Crippen molar-refractivity contribution in [2.24, 2.45) is 0 Å². The number of benzene rings is 3. The van der Waals surface area contributed by atoms with Crippen molar-refractivity contribution in [1.82, 2.24) is 25.1 Å². The molecular formula is C29H30ClN5O4. The lowest BCUT2D eigenvalue weighted by Gasteiger charge is -2.54. The second kappa shape index (κ2) is 11.3. The van der Waals surface area contributed by atoms with E-state index < -0.39 is 12.2 Å². The molecule has 1 unspecified atom stereocenters. The number of piperazine rings is 1. The third-order valence-corrected chi connectivity index (χ3v) is 7.30. The highest BCUT2D eigenvalue weighted by Gasteiger charge is 2.50. The number of halogens is 1. The number of carbonyl (C=O) groups is 3. The molecule has 2 heterocycles. The van der Waals surface area contributed by atoms with Gasteiger partial charge in [-0.1, -0.05) is 66.2 Å². The summed E-state index contributed by atoms with van der Waals surface area (Å²) in [6, 6.07) is 22.3. The summed E-state index contributed by atoms with van der Waals surface area (Å²) in [5.41, 5.74) is 2.59. The molecule has 9 nitrogen and oxygen atoms in total. The van der Waals surface area contributed by atoms with Crippen LogP contribution in [0.4, 0.5) is 4.79 Å². The van der Waals surface area contributed by atoms with Gasteiger partial charge in [-0.15, -0.1) is 0 Å². The van der Waals surface area contributed by atoms with Crippen LogP contribution in [-0.4, -0.2) is 75.1 Å². The lowest BCUT2D eigenvalue weighted by molar-refractivity contribution is -0.187. The molecule has 2 aliphatic rings. The van der Waals surface area contributed by atoms with E-state index in [9.17, 15) is 19.5 Å². The largest absolute Gasteiger partial charge is 0.508 e. The zero-order valence-corrected chi connectivity index (χ0v) is 22.3. The Morgan fingerprint density at radius 3 is 2.41 bits per heavy atom. The van der Waals surface area contributed by atoms with E-state index in [1.165, 1.54) is 5.01 Å². The van der Waals surface area contributed by atoms with Crippen LogP contribution < -0.4 is 5.32 Å². The molecule has 202 valence electrons. The Bertz CT molecular complexity index is 1350. The third-order valence-electron chi connectivity index (χ3n) is 7.06. The fraction of sp³-hybridized carbons (Fsp3) is 0.276. The Balaban J connectivity index is 1.46. The summed E-state index contributed by atoms with van der Waals surface area (Å²) < 4.78 is 0. The Morgan fingerprint density at radius 1 is 0.974 bits per heavy atom. The van der Waals surface area contributed by atoms with Crippen molar-refractivity contribution in [3.8, 4) is 5.75 Å². The maximum Gasteiger partial charge on any atom is 0.334 e. The number of urea groups is 1. The van der Waals surface area contributed by atoms with E-state index in [0.717, 1.165) is 16.7 Å². The zero-order chi connectivity index (χ0) is 27.5. The molecule has 5 rings (SSSR count). The van der Waals surface area contributed by atoms with Gasteiger partial charge in [-0.2, -0.15) is 0 Å². The first-order valence-electron chi connectivity index (χ1n) is 12.7. The Kier molecular flexibility index (Phi) is 7.72. The van der Waals surface area contributed by atoms with Gasteiger partial charge in [-0.25, -0.2) is 14.8 Å². The number of fused-ring (bicyclic) bond motifs is 1. The van der Waals surface area contributed by atoms with Gasteiger partial charge in [0.15, 0.2) is 0 Å². The summed E-state index contributed by atoms with van der Waals surface area (Å²) in [6.45, 7) is 0.717. The second-order valence-electron chi connectivity index (χ2n) is 9.82. The van der Waals surface area contributed by atoms with Crippen LogP contribution in [0, 0.1) is 0 Å². The summed E-state index contributed by atoms with van der Waals surface area (Å²) >= 11 is 6.20. The summed E-state index contributed by atoms with van der Waals surface area (Å²) in [5.74, 6) is -0.317. The highest BCUT2D eigenvalue weighted by molar-refractivity contribution is 6.30. The first kappa shape index (κ1) is 26.5. The molecule has 2 saturated heterocycles. The number of nitrogens with one attached hydrogen (secondary N) is 1. The summed E-state index contributed by atoms with van der Waals surface area (Å²) in [4.78, 5) is 44.0. The zero-order valence-electron chi connectivity index (χ0n) is 21.5. The average molecular weight is 548 g/mol. The van der Waals surface area contributed by atoms with Crippen LogP contribution in [0.5, 0.6) is 5.75 Å². The van der Waals surface area contributed by atoms with E-state index >= 15 is 0 Å². The van der Waals surface area contributed by atoms with Crippen molar-refractivity contribution in [2.45, 2.75) is 31.7 Å². The quantitative estimate of drug-likeness (QED) is 0.494. The van der Waals surface area contributed by atoms with Crippen molar-refractivity contribution in [3.05, 3.63) is 101 Å². The molecular weight excluding hydrogens is 518 g/mol. The molecule has 2 fully saturated rings. The van der Waals surface area contributed by atoms with Crippen molar-refractivity contribution in [3.63, 3.8) is 0 Å². The van der Waals surface area contributed by atoms with Crippen molar-refractivity contribution < 1.29 is 19.5 Å². The number of aromatic hydroxyl groups is 1. The standard InChI is InChI=1S/C29H30ClN5O4/c1-32-19-27(37)34-25(15-20-10-12-24(36)13-11-20)28(38)33(17-22-8-5-9-23(30)14-22)18-26(34)35(32)29(39)31-16-21-6-3-2-4-7-21/h2-14,25-26,36H,15-19H2,1H3,(H,31,39)/t25-,26?/m0/s1. The molecule has 0 aliphatic carbocycles. The van der Waals surface area contributed by atoms with Crippen LogP contribution in [0.3, 0.4) is 0 Å². The van der Waals surface area contributed by atoms with Gasteiger partial charge in [0, 0.05) is 31.6 Å². The summed E-state index contributed by atoms with van der Waals surface area (Å²) in [7, 11) is 1.70. The van der Waals surface area contributed by atoms with Crippen LogP contribution in [0.2, 0.25) is 5.02 Å². The monoisotopic (exact) mass is 547 g/mol. The van der Waals surface area contributed by atoms with Gasteiger partial charge in [-0.3, -0.25) is 9.59 Å². The van der Waals surface area contributed by atoms with E-state index in [1.807, 2.05) is 42.5 Å². The highest BCUT2D eigenvalue weighted by Crippen LogP contribution is 2.29. The number of likely N-dealkylation sites (N-methyl/N-ethyl adjacent to an activating group) is 1. The van der Waals surface area contributed by atoms with Crippen molar-refractivity contribution in [2.75, 3.05) is 20.1 Å². The number of nitrogens with zero attached hydrogens (tertiary/aromatic N) is 4. The number of rotatable bonds is 6. The molecule has 39 heavy (non-hydrogen) atoms. The molecule has 2 atom stereocenters. The molecule has 2 N–H and O–H groups in total. The fourth-order valence-corrected chi connectivity index (χ4v) is 5.43. The molecule has 0 saturated carbocycles. The summed E-state index contributed by atoms with van der Waals surface area (Å²) in [5, 5.41) is 16.4. The minimum atomic E-state index is -0.821. The maximum atomic E-state index is 13.9. The Labute approximate surface area is 232 Å². The van der Waals surface area contributed by atoms with Gasteiger partial charge < -0.3 is 20.2 Å². The van der Waals surface area contributed by atoms with E-state index in [4.69, 9.17) is 11.6 Å². The van der Waals surface area contributed by atoms with E-state index in [0.29, 0.717) is 11.6 Å². The molecule has 2 aliphatic heterocycles. The minimum absolute atomic E-state index is 0.0388. The van der Waals surface area contributed by atoms with Crippen LogP contribution in [0.25, 0.3) is 0 Å². The van der Waals surface area contributed by atoms with Crippen LogP contribution in [0.1, 0.15) is 16.7 Å². The lowest BCUT2D eigenvalue weighted by Crippen LogP contribution is -2.76. The van der Waals surface area contributed by atoms with E-state index in [1.54, 1.807) is 58.3 Å². The number of phenolic OH excluding ortho intramolecular Hbond substituents is 1. The molecule has 4 amide bonds. The van der Waals surface area contributed by atoms with Crippen molar-refractivity contribution in [1.29, 1.82) is 0 Å². The molecule has 0 spiro atoms. The first-order chi connectivity index (χ1) is 18.8. The Hall–Kier alpha value is -4.08. The number of phenols is 1. The smallest absolute Gasteiger partial charge is 0.334 e. The van der Waals surface area contributed by atoms with Crippen LogP contribution >= 0.6 is 11.6 Å². The van der Waals surface area contributed by atoms with Crippen LogP contribution in [0.15, 0.2) is 78.9 Å². The van der Waals surface area contributed by atoms with Gasteiger partial charge in [0.1, 0.15) is 18.0 Å². The maximum absolute atomic E-state index is 13.9. The number of hydrazine groups is 1. The summed E-state index contributed by atoms with van der Waals surface area (Å²) in [6.07, 6.45) is -0.456. The third kappa shape index (κ3) is 5.84. The molecule has 3 aromatic carbocycles. The molecule has 0 radical (unpaired) electrons. The fourth-order valence-electron chi connectivity index (χ4n) is 5.21. The first-order valence-corrected chi connectivity index (χ1v) is 13.1. The van der Waals surface area contributed by atoms with Gasteiger partial charge in [-0.05, 0) is 41.0 Å². The van der Waals surface area contributed by atoms with Gasteiger partial charge >= 0.3 is 6.03 Å². The van der Waals surface area contributed by atoms with Gasteiger partial charge in [0.25, 0.3) is 0 Å². The number of hydrogen-bond acceptors (Lipinski definition) is 5. The second-order valence-corrected chi connectivity index (χ2v) is 10.3.